The maximum Gasteiger partial charge on any atom is 0.174 e. The lowest BCUT2D eigenvalue weighted by Crippen LogP contribution is -2.14. The summed E-state index contributed by atoms with van der Waals surface area (Å²) in [6.45, 7) is 3.72. The molecule has 1 atom stereocenters. The van der Waals surface area contributed by atoms with Gasteiger partial charge < -0.3 is 4.57 Å². The number of hydrogen-bond acceptors (Lipinski definition) is 4. The van der Waals surface area contributed by atoms with Gasteiger partial charge in [-0.3, -0.25) is 4.79 Å². The van der Waals surface area contributed by atoms with Crippen LogP contribution in [0.1, 0.15) is 39.8 Å². The molecule has 0 spiro atoms. The van der Waals surface area contributed by atoms with Crippen molar-refractivity contribution >= 4 is 27.4 Å². The van der Waals surface area contributed by atoms with Gasteiger partial charge in [-0.05, 0) is 44.0 Å². The van der Waals surface area contributed by atoms with E-state index in [9.17, 15) is 22.0 Å². The number of aromatic nitrogens is 1. The van der Waals surface area contributed by atoms with E-state index in [1.165, 1.54) is 17.8 Å². The Morgan fingerprint density at radius 3 is 2.59 bits per heavy atom. The number of halogens is 2. The molecule has 1 aliphatic heterocycles. The number of benzene rings is 1. The van der Waals surface area contributed by atoms with Crippen LogP contribution in [0, 0.1) is 25.5 Å². The van der Waals surface area contributed by atoms with Crippen molar-refractivity contribution in [3.8, 4) is 0 Å². The van der Waals surface area contributed by atoms with Gasteiger partial charge in [0.25, 0.3) is 0 Å². The first kappa shape index (κ1) is 20.1. The lowest BCUT2D eigenvalue weighted by atomic mass is 10.2. The third kappa shape index (κ3) is 4.43. The summed E-state index contributed by atoms with van der Waals surface area (Å²) in [6, 6.07) is 5.41. The van der Waals surface area contributed by atoms with Crippen LogP contribution in [0.25, 0.3) is 0 Å². The topological polar surface area (TPSA) is 56.1 Å². The van der Waals surface area contributed by atoms with Crippen LogP contribution in [0.2, 0.25) is 0 Å². The highest BCUT2D eigenvalue weighted by molar-refractivity contribution is 7.99. The van der Waals surface area contributed by atoms with Gasteiger partial charge in [-0.2, -0.15) is 0 Å². The van der Waals surface area contributed by atoms with Gasteiger partial charge in [-0.1, -0.05) is 6.07 Å². The summed E-state index contributed by atoms with van der Waals surface area (Å²) < 4.78 is 51.7. The van der Waals surface area contributed by atoms with E-state index in [4.69, 9.17) is 0 Å². The van der Waals surface area contributed by atoms with Crippen molar-refractivity contribution in [2.45, 2.75) is 32.1 Å². The molecule has 1 aliphatic rings. The number of rotatable bonds is 6. The third-order valence-corrected chi connectivity index (χ3v) is 7.60. The maximum atomic E-state index is 13.2. The van der Waals surface area contributed by atoms with E-state index in [0.29, 0.717) is 23.3 Å². The number of hydrogen-bond donors (Lipinski definition) is 0. The van der Waals surface area contributed by atoms with Gasteiger partial charge in [-0.15, -0.1) is 11.8 Å². The first-order chi connectivity index (χ1) is 12.7. The highest BCUT2D eigenvalue weighted by atomic mass is 32.2. The van der Waals surface area contributed by atoms with E-state index in [1.807, 2.05) is 18.4 Å². The van der Waals surface area contributed by atoms with Crippen molar-refractivity contribution in [1.29, 1.82) is 0 Å². The summed E-state index contributed by atoms with van der Waals surface area (Å²) in [6.07, 6.45) is 0.567. The number of nitrogens with zero attached hydrogens (tertiary/aromatic N) is 1. The fourth-order valence-electron chi connectivity index (χ4n) is 3.57. The molecule has 146 valence electrons. The Hall–Kier alpha value is -1.67. The van der Waals surface area contributed by atoms with E-state index < -0.39 is 21.5 Å². The predicted molar refractivity (Wildman–Crippen MR) is 103 cm³/mol. The maximum absolute atomic E-state index is 13.2. The molecule has 0 saturated carbocycles. The lowest BCUT2D eigenvalue weighted by molar-refractivity contribution is 0.102. The Balaban J connectivity index is 1.67. The first-order valence-electron chi connectivity index (χ1n) is 8.61. The molecule has 0 aliphatic carbocycles. The number of aryl methyl sites for hydroxylation is 1. The van der Waals surface area contributed by atoms with E-state index >= 15 is 0 Å². The molecular weight excluding hydrogens is 392 g/mol. The van der Waals surface area contributed by atoms with Crippen molar-refractivity contribution in [2.24, 2.45) is 0 Å². The Kier molecular flexibility index (Phi) is 5.76. The van der Waals surface area contributed by atoms with Crippen molar-refractivity contribution < 1.29 is 22.0 Å². The summed E-state index contributed by atoms with van der Waals surface area (Å²) in [7, 11) is -3.01. The van der Waals surface area contributed by atoms with E-state index in [0.717, 1.165) is 23.5 Å². The number of carbonyl (C=O) groups excluding carboxylic acids is 1. The molecular formula is C19H21F2NO3S2. The molecule has 1 saturated heterocycles. The molecule has 1 aromatic carbocycles. The number of thioether (sulfide) groups is 1. The summed E-state index contributed by atoms with van der Waals surface area (Å²) in [5.41, 5.74) is 2.87. The Morgan fingerprint density at radius 1 is 1.22 bits per heavy atom. The smallest absolute Gasteiger partial charge is 0.174 e. The van der Waals surface area contributed by atoms with Crippen LogP contribution in [-0.4, -0.2) is 36.0 Å². The highest BCUT2D eigenvalue weighted by Crippen LogP contribution is 2.29. The molecule has 1 unspecified atom stereocenters. The number of Topliss-reactive ketones (excluding diaryl/α,β-unsaturated/α-hetero) is 1. The number of sulfone groups is 1. The second kappa shape index (κ2) is 7.75. The van der Waals surface area contributed by atoms with Crippen LogP contribution in [0.5, 0.6) is 0 Å². The Labute approximate surface area is 161 Å². The molecule has 3 rings (SSSR count). The number of carbonyl (C=O) groups is 1. The van der Waals surface area contributed by atoms with Crippen molar-refractivity contribution in [3.05, 3.63) is 58.4 Å². The second-order valence-corrected chi connectivity index (χ2v) is 10.1. The van der Waals surface area contributed by atoms with Crippen LogP contribution < -0.4 is 0 Å². The highest BCUT2D eigenvalue weighted by Gasteiger charge is 2.31. The SMILES string of the molecule is Cc1cc(C(=O)CSCc2ccc(F)c(F)c2)c(C)n1C1CCS(=O)(=O)C1. The van der Waals surface area contributed by atoms with Gasteiger partial charge in [0.05, 0.1) is 17.3 Å². The van der Waals surface area contributed by atoms with Crippen LogP contribution >= 0.6 is 11.8 Å². The molecule has 2 heterocycles. The van der Waals surface area contributed by atoms with Crippen LogP contribution in [0.15, 0.2) is 24.3 Å². The minimum atomic E-state index is -3.01. The fourth-order valence-corrected chi connectivity index (χ4v) is 6.13. The molecule has 1 fully saturated rings. The van der Waals surface area contributed by atoms with E-state index in [1.54, 1.807) is 6.07 Å². The molecule has 8 heteroatoms. The van der Waals surface area contributed by atoms with Gasteiger partial charge in [0.2, 0.25) is 0 Å². The summed E-state index contributed by atoms with van der Waals surface area (Å²) in [4.78, 5) is 12.6. The average molecular weight is 414 g/mol. The molecule has 2 aromatic rings. The zero-order valence-electron chi connectivity index (χ0n) is 15.2. The van der Waals surface area contributed by atoms with Gasteiger partial charge in [0.1, 0.15) is 0 Å². The molecule has 4 nitrogen and oxygen atoms in total. The first-order valence-corrected chi connectivity index (χ1v) is 11.6. The number of ketones is 1. The fraction of sp³-hybridized carbons (Fsp3) is 0.421. The molecule has 0 N–H and O–H groups in total. The van der Waals surface area contributed by atoms with Gasteiger partial charge in [0, 0.05) is 28.7 Å². The normalized spacial score (nSPS) is 18.7. The monoisotopic (exact) mass is 413 g/mol. The average Bonchev–Trinajstić information content (AvgIpc) is 3.09. The largest absolute Gasteiger partial charge is 0.344 e. The van der Waals surface area contributed by atoms with Crippen molar-refractivity contribution in [1.82, 2.24) is 4.57 Å². The van der Waals surface area contributed by atoms with E-state index in [2.05, 4.69) is 0 Å². The summed E-state index contributed by atoms with van der Waals surface area (Å²) in [5, 5.41) is 0. The third-order valence-electron chi connectivity index (χ3n) is 4.84. The second-order valence-electron chi connectivity index (χ2n) is 6.88. The Morgan fingerprint density at radius 2 is 1.96 bits per heavy atom. The predicted octanol–water partition coefficient (Wildman–Crippen LogP) is 3.86. The van der Waals surface area contributed by atoms with Crippen molar-refractivity contribution in [2.75, 3.05) is 17.3 Å². The standard InChI is InChI=1S/C19H21F2NO3S2/c1-12-7-16(13(2)22(12)15-5-6-27(24,25)11-15)19(23)10-26-9-14-3-4-17(20)18(21)8-14/h3-4,7-8,15H,5-6,9-11H2,1-2H3. The van der Waals surface area contributed by atoms with Crippen LogP contribution in [0.4, 0.5) is 8.78 Å². The van der Waals surface area contributed by atoms with Gasteiger partial charge >= 0.3 is 0 Å². The summed E-state index contributed by atoms with van der Waals surface area (Å²) in [5.74, 6) is -0.919. The van der Waals surface area contributed by atoms with Crippen LogP contribution in [0.3, 0.4) is 0 Å². The molecule has 0 radical (unpaired) electrons. The van der Waals surface area contributed by atoms with Gasteiger partial charge in [0.15, 0.2) is 27.3 Å². The van der Waals surface area contributed by atoms with Crippen molar-refractivity contribution in [3.63, 3.8) is 0 Å². The van der Waals surface area contributed by atoms with Gasteiger partial charge in [-0.25, -0.2) is 17.2 Å². The summed E-state index contributed by atoms with van der Waals surface area (Å²) >= 11 is 1.34. The zero-order chi connectivity index (χ0) is 19.8. The van der Waals surface area contributed by atoms with E-state index in [-0.39, 0.29) is 29.1 Å². The zero-order valence-corrected chi connectivity index (χ0v) is 16.8. The van der Waals surface area contributed by atoms with Crippen LogP contribution in [-0.2, 0) is 15.6 Å². The Bertz CT molecular complexity index is 983. The minimum Gasteiger partial charge on any atom is -0.344 e. The molecule has 0 amide bonds. The quantitative estimate of drug-likeness (QED) is 0.675. The molecule has 1 aromatic heterocycles. The lowest BCUT2D eigenvalue weighted by Gasteiger charge is -2.16. The molecule has 0 bridgehead atoms. The minimum absolute atomic E-state index is 0.0530. The molecule has 27 heavy (non-hydrogen) atoms.